The second-order valence-electron chi connectivity index (χ2n) is 8.33. The number of hydrogen-bond acceptors (Lipinski definition) is 5. The lowest BCUT2D eigenvalue weighted by Crippen LogP contribution is -2.45. The molecule has 0 spiro atoms. The molecule has 0 atom stereocenters. The third kappa shape index (κ3) is 4.55. The van der Waals surface area contributed by atoms with E-state index in [0.29, 0.717) is 29.1 Å². The first-order valence-corrected chi connectivity index (χ1v) is 10.8. The Kier molecular flexibility index (Phi) is 6.20. The highest BCUT2D eigenvalue weighted by atomic mass is 16.2. The summed E-state index contributed by atoms with van der Waals surface area (Å²) in [7, 11) is 2.15. The molecule has 2 aromatic heterocycles. The Morgan fingerprint density at radius 3 is 2.81 bits per heavy atom. The minimum atomic E-state index is -0.185. The number of amides is 2. The molecule has 3 N–H and O–H groups in total. The number of nitrogens with one attached hydrogen (secondary N) is 3. The van der Waals surface area contributed by atoms with Crippen LogP contribution in [-0.2, 0) is 4.79 Å². The van der Waals surface area contributed by atoms with Gasteiger partial charge in [-0.1, -0.05) is 0 Å². The van der Waals surface area contributed by atoms with Gasteiger partial charge in [-0.3, -0.25) is 14.6 Å². The zero-order chi connectivity index (χ0) is 22.0. The fourth-order valence-corrected chi connectivity index (χ4v) is 4.22. The maximum Gasteiger partial charge on any atom is 0.258 e. The fourth-order valence-electron chi connectivity index (χ4n) is 4.22. The minimum absolute atomic E-state index is 0.0799. The second-order valence-corrected chi connectivity index (χ2v) is 8.33. The Hall–Kier alpha value is -2.97. The minimum Gasteiger partial charge on any atom is -0.358 e. The average molecular weight is 423 g/mol. The number of fused-ring (bicyclic) bond motifs is 1. The van der Waals surface area contributed by atoms with E-state index in [1.54, 1.807) is 18.3 Å². The molecule has 1 saturated heterocycles. The van der Waals surface area contributed by atoms with Crippen LogP contribution in [0.15, 0.2) is 18.3 Å². The van der Waals surface area contributed by atoms with Crippen LogP contribution in [0.3, 0.4) is 0 Å². The Labute approximate surface area is 182 Å². The maximum absolute atomic E-state index is 12.8. The zero-order valence-electron chi connectivity index (χ0n) is 18.4. The first-order chi connectivity index (χ1) is 14.9. The van der Waals surface area contributed by atoms with Gasteiger partial charge in [-0.05, 0) is 57.6 Å². The van der Waals surface area contributed by atoms with Crippen molar-refractivity contribution in [3.05, 3.63) is 46.5 Å². The number of piperazine rings is 1. The quantitative estimate of drug-likeness (QED) is 0.488. The molecule has 1 fully saturated rings. The summed E-state index contributed by atoms with van der Waals surface area (Å²) in [5, 5.41) is 5.88. The van der Waals surface area contributed by atoms with E-state index in [0.717, 1.165) is 56.1 Å². The number of nitrogens with zero attached hydrogens (tertiary/aromatic N) is 3. The number of aromatic nitrogens is 2. The number of aryl methyl sites for hydroxylation is 1. The van der Waals surface area contributed by atoms with Crippen LogP contribution in [0.5, 0.6) is 0 Å². The molecular weight excluding hydrogens is 392 g/mol. The van der Waals surface area contributed by atoms with E-state index in [1.165, 1.54) is 0 Å². The first kappa shape index (κ1) is 21.3. The number of carbonyl (C=O) groups excluding carboxylic acids is 2. The van der Waals surface area contributed by atoms with E-state index < -0.39 is 0 Å². The molecule has 8 nitrogen and oxygen atoms in total. The summed E-state index contributed by atoms with van der Waals surface area (Å²) >= 11 is 0. The Bertz CT molecular complexity index is 1020. The molecule has 2 amide bonds. The molecule has 0 unspecified atom stereocenters. The first-order valence-electron chi connectivity index (χ1n) is 10.8. The zero-order valence-corrected chi connectivity index (χ0v) is 18.4. The van der Waals surface area contributed by atoms with Gasteiger partial charge in [0.15, 0.2) is 0 Å². The van der Waals surface area contributed by atoms with Gasteiger partial charge in [0.05, 0.1) is 22.5 Å². The van der Waals surface area contributed by atoms with E-state index >= 15 is 0 Å². The number of aromatic amines is 1. The monoisotopic (exact) mass is 422 g/mol. The van der Waals surface area contributed by atoms with E-state index in [1.807, 2.05) is 19.9 Å². The molecule has 2 aromatic rings. The van der Waals surface area contributed by atoms with Crippen molar-refractivity contribution in [2.75, 3.05) is 51.6 Å². The van der Waals surface area contributed by atoms with Crippen LogP contribution in [0.4, 0.5) is 5.69 Å². The number of pyridine rings is 1. The van der Waals surface area contributed by atoms with Gasteiger partial charge in [-0.15, -0.1) is 0 Å². The summed E-state index contributed by atoms with van der Waals surface area (Å²) in [6.45, 7) is 9.81. The molecule has 31 heavy (non-hydrogen) atoms. The standard InChI is InChI=1S/C23H30N6O2/c1-15-19(14-17-21-18(27-22(17)30)6-4-7-24-21)26-16(2)20(15)23(31)25-8-5-9-29-12-10-28(3)11-13-29/h4,6-7,14,26H,5,8-13H2,1-3H3,(H,25,31)(H,27,30)/b17-14-. The molecule has 4 heterocycles. The molecule has 2 aliphatic rings. The highest BCUT2D eigenvalue weighted by Gasteiger charge is 2.26. The third-order valence-electron chi connectivity index (χ3n) is 6.08. The number of likely N-dealkylation sites (N-methyl/N-ethyl adjacent to an activating group) is 1. The van der Waals surface area contributed by atoms with Crippen molar-refractivity contribution in [3.63, 3.8) is 0 Å². The van der Waals surface area contributed by atoms with Crippen LogP contribution in [0.1, 0.15) is 39.4 Å². The predicted octanol–water partition coefficient (Wildman–Crippen LogP) is 1.89. The van der Waals surface area contributed by atoms with Gasteiger partial charge in [0.1, 0.15) is 0 Å². The molecule has 2 aliphatic heterocycles. The Morgan fingerprint density at radius 1 is 1.26 bits per heavy atom. The Morgan fingerprint density at radius 2 is 2.03 bits per heavy atom. The van der Waals surface area contributed by atoms with Crippen molar-refractivity contribution in [2.45, 2.75) is 20.3 Å². The van der Waals surface area contributed by atoms with Crippen molar-refractivity contribution >= 4 is 29.2 Å². The van der Waals surface area contributed by atoms with Crippen molar-refractivity contribution < 1.29 is 9.59 Å². The van der Waals surface area contributed by atoms with E-state index in [4.69, 9.17) is 0 Å². The van der Waals surface area contributed by atoms with Crippen LogP contribution >= 0.6 is 0 Å². The lowest BCUT2D eigenvalue weighted by atomic mass is 10.1. The van der Waals surface area contributed by atoms with Gasteiger partial charge < -0.3 is 25.4 Å². The van der Waals surface area contributed by atoms with Gasteiger partial charge in [0.2, 0.25) is 0 Å². The number of rotatable bonds is 6. The fraction of sp³-hybridized carbons (Fsp3) is 0.435. The number of H-pyrrole nitrogens is 1. The van der Waals surface area contributed by atoms with E-state index in [-0.39, 0.29) is 11.8 Å². The second kappa shape index (κ2) is 9.03. The van der Waals surface area contributed by atoms with E-state index in [9.17, 15) is 9.59 Å². The summed E-state index contributed by atoms with van der Waals surface area (Å²) in [6.07, 6.45) is 4.37. The van der Waals surface area contributed by atoms with Crippen LogP contribution in [0.2, 0.25) is 0 Å². The molecule has 0 radical (unpaired) electrons. The number of carbonyl (C=O) groups is 2. The van der Waals surface area contributed by atoms with Gasteiger partial charge in [-0.2, -0.15) is 0 Å². The molecule has 0 aliphatic carbocycles. The van der Waals surface area contributed by atoms with Gasteiger partial charge in [0.25, 0.3) is 11.8 Å². The topological polar surface area (TPSA) is 93.4 Å². The van der Waals surface area contributed by atoms with Crippen molar-refractivity contribution in [1.29, 1.82) is 0 Å². The number of hydrogen-bond donors (Lipinski definition) is 3. The average Bonchev–Trinajstić information content (AvgIpc) is 3.22. The van der Waals surface area contributed by atoms with Gasteiger partial charge >= 0.3 is 0 Å². The maximum atomic E-state index is 12.8. The van der Waals surface area contributed by atoms with E-state index in [2.05, 4.69) is 37.4 Å². The molecule has 8 heteroatoms. The summed E-state index contributed by atoms with van der Waals surface area (Å²) in [5.74, 6) is -0.265. The van der Waals surface area contributed by atoms with Crippen molar-refractivity contribution in [3.8, 4) is 0 Å². The highest BCUT2D eigenvalue weighted by Crippen LogP contribution is 2.32. The predicted molar refractivity (Wildman–Crippen MR) is 122 cm³/mol. The summed E-state index contributed by atoms with van der Waals surface area (Å²) in [4.78, 5) is 37.6. The van der Waals surface area contributed by atoms with Gasteiger partial charge in [0, 0.05) is 50.3 Å². The summed E-state index contributed by atoms with van der Waals surface area (Å²) < 4.78 is 0. The number of anilines is 1. The third-order valence-corrected chi connectivity index (χ3v) is 6.08. The van der Waals surface area contributed by atoms with Crippen LogP contribution in [-0.4, -0.2) is 77.9 Å². The summed E-state index contributed by atoms with van der Waals surface area (Å²) in [5.41, 5.74) is 4.86. The molecule has 0 aromatic carbocycles. The summed E-state index contributed by atoms with van der Waals surface area (Å²) in [6, 6.07) is 3.62. The largest absolute Gasteiger partial charge is 0.358 e. The molecular formula is C23H30N6O2. The molecule has 4 rings (SSSR count). The smallest absolute Gasteiger partial charge is 0.258 e. The highest BCUT2D eigenvalue weighted by molar-refractivity contribution is 6.34. The lowest BCUT2D eigenvalue weighted by molar-refractivity contribution is -0.110. The van der Waals surface area contributed by atoms with Crippen LogP contribution in [0.25, 0.3) is 11.6 Å². The van der Waals surface area contributed by atoms with Crippen molar-refractivity contribution in [2.24, 2.45) is 0 Å². The van der Waals surface area contributed by atoms with Crippen LogP contribution < -0.4 is 10.6 Å². The lowest BCUT2D eigenvalue weighted by Gasteiger charge is -2.32. The molecule has 0 saturated carbocycles. The molecule has 0 bridgehead atoms. The van der Waals surface area contributed by atoms with Crippen molar-refractivity contribution in [1.82, 2.24) is 25.1 Å². The normalized spacial score (nSPS) is 18.3. The Balaban J connectivity index is 1.40. The molecule has 164 valence electrons. The van der Waals surface area contributed by atoms with Crippen LogP contribution in [0, 0.1) is 13.8 Å². The van der Waals surface area contributed by atoms with Gasteiger partial charge in [-0.25, -0.2) is 0 Å². The SMILES string of the molecule is Cc1[nH]c(/C=C2\C(=O)Nc3cccnc32)c(C)c1C(=O)NCCCN1CCN(C)CC1.